The topological polar surface area (TPSA) is 32.3 Å². The van der Waals surface area contributed by atoms with Crippen molar-refractivity contribution in [3.8, 4) is 0 Å². The van der Waals surface area contributed by atoms with E-state index in [0.29, 0.717) is 0 Å². The Labute approximate surface area is 117 Å². The maximum absolute atomic E-state index is 10.2. The van der Waals surface area contributed by atoms with Gasteiger partial charge in [0.15, 0.2) is 0 Å². The maximum Gasteiger partial charge on any atom is 0.207 e. The minimum atomic E-state index is 0.738. The standard InChI is InChI=1S/C16H26N2O/c1-4-7-15-8-9-16(12-14(15)5-2)18(3)11-6-10-17-13-19/h8-9,12-13H,4-7,10-11H2,1-3H3,(H,17,19). The number of carbonyl (C=O) groups excluding carboxylic acids is 1. The van der Waals surface area contributed by atoms with Crippen LogP contribution in [0.5, 0.6) is 0 Å². The minimum Gasteiger partial charge on any atom is -0.375 e. The van der Waals surface area contributed by atoms with E-state index in [9.17, 15) is 4.79 Å². The number of rotatable bonds is 9. The summed E-state index contributed by atoms with van der Waals surface area (Å²) in [5.74, 6) is 0. The van der Waals surface area contributed by atoms with Crippen LogP contribution in [0.2, 0.25) is 0 Å². The molecule has 0 fully saturated rings. The van der Waals surface area contributed by atoms with Crippen LogP contribution >= 0.6 is 0 Å². The first-order valence-electron chi connectivity index (χ1n) is 7.22. The van der Waals surface area contributed by atoms with Crippen LogP contribution in [0.25, 0.3) is 0 Å². The number of benzene rings is 1. The number of aryl methyl sites for hydroxylation is 2. The number of nitrogens with one attached hydrogen (secondary N) is 1. The lowest BCUT2D eigenvalue weighted by molar-refractivity contribution is -0.109. The molecule has 0 bridgehead atoms. The van der Waals surface area contributed by atoms with Crippen LogP contribution in [-0.2, 0) is 17.6 Å². The molecule has 3 heteroatoms. The zero-order chi connectivity index (χ0) is 14.1. The van der Waals surface area contributed by atoms with Gasteiger partial charge >= 0.3 is 0 Å². The van der Waals surface area contributed by atoms with E-state index in [-0.39, 0.29) is 0 Å². The van der Waals surface area contributed by atoms with Gasteiger partial charge in [0.25, 0.3) is 0 Å². The van der Waals surface area contributed by atoms with Crippen molar-refractivity contribution in [2.24, 2.45) is 0 Å². The first-order chi connectivity index (χ1) is 9.22. The molecule has 0 aromatic heterocycles. The summed E-state index contributed by atoms with van der Waals surface area (Å²) < 4.78 is 0. The van der Waals surface area contributed by atoms with E-state index in [2.05, 4.69) is 49.3 Å². The van der Waals surface area contributed by atoms with Gasteiger partial charge in [-0.3, -0.25) is 4.79 Å². The third kappa shape index (κ3) is 4.93. The summed E-state index contributed by atoms with van der Waals surface area (Å²) in [6.45, 7) is 6.13. The second-order valence-corrected chi connectivity index (χ2v) is 4.90. The summed E-state index contributed by atoms with van der Waals surface area (Å²) in [7, 11) is 2.11. The second kappa shape index (κ2) is 8.57. The highest BCUT2D eigenvalue weighted by molar-refractivity contribution is 5.50. The molecule has 1 N–H and O–H groups in total. The summed E-state index contributed by atoms with van der Waals surface area (Å²) in [6, 6.07) is 6.77. The van der Waals surface area contributed by atoms with Gasteiger partial charge in [0.2, 0.25) is 6.41 Å². The molecule has 0 spiro atoms. The van der Waals surface area contributed by atoms with Gasteiger partial charge in [-0.05, 0) is 42.5 Å². The Morgan fingerprint density at radius 1 is 1.26 bits per heavy atom. The minimum absolute atomic E-state index is 0.738. The molecule has 0 aliphatic heterocycles. The first-order valence-corrected chi connectivity index (χ1v) is 7.22. The summed E-state index contributed by atoms with van der Waals surface area (Å²) in [5.41, 5.74) is 4.20. The van der Waals surface area contributed by atoms with Gasteiger partial charge < -0.3 is 10.2 Å². The molecule has 0 aliphatic rings. The molecule has 1 aromatic carbocycles. The number of amides is 1. The lowest BCUT2D eigenvalue weighted by Gasteiger charge is -2.21. The predicted octanol–water partition coefficient (Wildman–Crippen LogP) is 2.77. The third-order valence-electron chi connectivity index (χ3n) is 3.43. The number of carbonyl (C=O) groups is 1. The van der Waals surface area contributed by atoms with Gasteiger partial charge in [0.05, 0.1) is 0 Å². The SMILES string of the molecule is CCCc1ccc(N(C)CCCNC=O)cc1CC. The van der Waals surface area contributed by atoms with Crippen molar-refractivity contribution >= 4 is 12.1 Å². The Kier molecular flexibility index (Phi) is 7.01. The largest absolute Gasteiger partial charge is 0.375 e. The molecular weight excluding hydrogens is 236 g/mol. The lowest BCUT2D eigenvalue weighted by atomic mass is 10.0. The lowest BCUT2D eigenvalue weighted by Crippen LogP contribution is -2.23. The van der Waals surface area contributed by atoms with E-state index in [1.807, 2.05) is 0 Å². The fourth-order valence-electron chi connectivity index (χ4n) is 2.30. The Morgan fingerprint density at radius 3 is 2.68 bits per heavy atom. The van der Waals surface area contributed by atoms with E-state index in [1.165, 1.54) is 23.2 Å². The van der Waals surface area contributed by atoms with Gasteiger partial charge in [-0.1, -0.05) is 26.3 Å². The quantitative estimate of drug-likeness (QED) is 0.548. The van der Waals surface area contributed by atoms with Crippen LogP contribution < -0.4 is 10.2 Å². The van der Waals surface area contributed by atoms with Crippen LogP contribution in [-0.4, -0.2) is 26.5 Å². The average molecular weight is 262 g/mol. The molecule has 0 radical (unpaired) electrons. The fraction of sp³-hybridized carbons (Fsp3) is 0.562. The highest BCUT2D eigenvalue weighted by Crippen LogP contribution is 2.20. The molecule has 1 rings (SSSR count). The molecule has 106 valence electrons. The third-order valence-corrected chi connectivity index (χ3v) is 3.43. The second-order valence-electron chi connectivity index (χ2n) is 4.90. The van der Waals surface area contributed by atoms with E-state index < -0.39 is 0 Å². The van der Waals surface area contributed by atoms with Crippen molar-refractivity contribution in [3.63, 3.8) is 0 Å². The molecule has 1 amide bonds. The van der Waals surface area contributed by atoms with Gasteiger partial charge in [0.1, 0.15) is 0 Å². The molecule has 19 heavy (non-hydrogen) atoms. The molecule has 3 nitrogen and oxygen atoms in total. The molecule has 1 aromatic rings. The normalized spacial score (nSPS) is 10.3. The number of nitrogens with zero attached hydrogens (tertiary/aromatic N) is 1. The van der Waals surface area contributed by atoms with Crippen LogP contribution in [0, 0.1) is 0 Å². The van der Waals surface area contributed by atoms with E-state index in [0.717, 1.165) is 38.8 Å². The van der Waals surface area contributed by atoms with Crippen molar-refractivity contribution < 1.29 is 4.79 Å². The van der Waals surface area contributed by atoms with E-state index in [1.54, 1.807) is 0 Å². The van der Waals surface area contributed by atoms with Crippen molar-refractivity contribution in [3.05, 3.63) is 29.3 Å². The van der Waals surface area contributed by atoms with Crippen LogP contribution in [0.3, 0.4) is 0 Å². The van der Waals surface area contributed by atoms with E-state index >= 15 is 0 Å². The number of hydrogen-bond acceptors (Lipinski definition) is 2. The Morgan fingerprint density at radius 2 is 2.05 bits per heavy atom. The molecule has 0 saturated heterocycles. The van der Waals surface area contributed by atoms with Crippen molar-refractivity contribution in [1.29, 1.82) is 0 Å². The summed E-state index contributed by atoms with van der Waals surface area (Å²) in [6.07, 6.45) is 5.17. The van der Waals surface area contributed by atoms with E-state index in [4.69, 9.17) is 0 Å². The van der Waals surface area contributed by atoms with Gasteiger partial charge in [-0.25, -0.2) is 0 Å². The molecule has 0 heterocycles. The zero-order valence-corrected chi connectivity index (χ0v) is 12.4. The summed E-state index contributed by atoms with van der Waals surface area (Å²) in [4.78, 5) is 12.4. The first kappa shape index (κ1) is 15.5. The van der Waals surface area contributed by atoms with Crippen LogP contribution in [0.15, 0.2) is 18.2 Å². The zero-order valence-electron chi connectivity index (χ0n) is 12.4. The molecule has 0 unspecified atom stereocenters. The summed E-state index contributed by atoms with van der Waals surface area (Å²) >= 11 is 0. The van der Waals surface area contributed by atoms with Crippen molar-refractivity contribution in [2.75, 3.05) is 25.0 Å². The Balaban J connectivity index is 2.64. The summed E-state index contributed by atoms with van der Waals surface area (Å²) in [5, 5.41) is 2.70. The number of hydrogen-bond donors (Lipinski definition) is 1. The van der Waals surface area contributed by atoms with Crippen molar-refractivity contribution in [2.45, 2.75) is 39.5 Å². The fourth-order valence-corrected chi connectivity index (χ4v) is 2.30. The monoisotopic (exact) mass is 262 g/mol. The highest BCUT2D eigenvalue weighted by atomic mass is 16.1. The molecular formula is C16H26N2O. The molecule has 0 aliphatic carbocycles. The number of anilines is 1. The van der Waals surface area contributed by atoms with Gasteiger partial charge in [-0.15, -0.1) is 0 Å². The highest BCUT2D eigenvalue weighted by Gasteiger charge is 2.05. The maximum atomic E-state index is 10.2. The van der Waals surface area contributed by atoms with Crippen LogP contribution in [0.4, 0.5) is 5.69 Å². The average Bonchev–Trinajstić information content (AvgIpc) is 2.44. The predicted molar refractivity (Wildman–Crippen MR) is 81.8 cm³/mol. The molecule has 0 saturated carbocycles. The molecule has 0 atom stereocenters. The van der Waals surface area contributed by atoms with Crippen LogP contribution in [0.1, 0.15) is 37.8 Å². The smallest absolute Gasteiger partial charge is 0.207 e. The Bertz CT molecular complexity index is 390. The van der Waals surface area contributed by atoms with Gasteiger partial charge in [-0.2, -0.15) is 0 Å². The Hall–Kier alpha value is -1.51. The van der Waals surface area contributed by atoms with Gasteiger partial charge in [0, 0.05) is 25.8 Å². The van der Waals surface area contributed by atoms with Crippen molar-refractivity contribution in [1.82, 2.24) is 5.32 Å².